The van der Waals surface area contributed by atoms with E-state index in [4.69, 9.17) is 0 Å². The standard InChI is InChI=1S/C5H6N2O/c1-5(8)7-4-2-3-6-7/h2-4H,1H3/q+1. The number of hydrazone groups is 1. The van der Waals surface area contributed by atoms with E-state index in [9.17, 15) is 4.79 Å². The summed E-state index contributed by atoms with van der Waals surface area (Å²) in [6, 6.07) is 0. The van der Waals surface area contributed by atoms with Gasteiger partial charge in [0.2, 0.25) is 0 Å². The first kappa shape index (κ1) is 5.18. The Balaban J connectivity index is 2.62. The largest absolute Gasteiger partial charge is 0.393 e. The highest BCUT2D eigenvalue weighted by Crippen LogP contribution is 1.91. The second-order valence-corrected chi connectivity index (χ2v) is 1.47. The molecule has 1 aliphatic heterocycles. The number of amides is 1. The fourth-order valence-electron chi connectivity index (χ4n) is 0.455. The van der Waals surface area contributed by atoms with Crippen LogP contribution in [0.5, 0.6) is 0 Å². The molecule has 1 aliphatic rings. The summed E-state index contributed by atoms with van der Waals surface area (Å²) < 4.78 is 0. The van der Waals surface area contributed by atoms with Gasteiger partial charge in [-0.3, -0.25) is 0 Å². The minimum Gasteiger partial charge on any atom is -0.222 e. The summed E-state index contributed by atoms with van der Waals surface area (Å²) in [6.45, 7) is 1.47. The maximum absolute atomic E-state index is 10.4. The molecule has 0 aromatic rings. The van der Waals surface area contributed by atoms with Gasteiger partial charge in [-0.2, -0.15) is 0 Å². The summed E-state index contributed by atoms with van der Waals surface area (Å²) in [7, 11) is 0. The van der Waals surface area contributed by atoms with Gasteiger partial charge in [-0.15, -0.1) is 0 Å². The number of carbonyl (C=O) groups excluding carboxylic acids is 1. The van der Waals surface area contributed by atoms with Gasteiger partial charge in [0.15, 0.2) is 6.20 Å². The molecule has 0 saturated heterocycles. The molecule has 0 spiro atoms. The topological polar surface area (TPSA) is 35.3 Å². The molecule has 0 aromatic heterocycles. The zero-order chi connectivity index (χ0) is 5.98. The Kier molecular flexibility index (Phi) is 1.22. The van der Waals surface area contributed by atoms with Gasteiger partial charge >= 0.3 is 5.91 Å². The van der Waals surface area contributed by atoms with Gasteiger partial charge in [-0.1, -0.05) is 0 Å². The third-order valence-corrected chi connectivity index (χ3v) is 0.827. The van der Waals surface area contributed by atoms with Crippen molar-refractivity contribution in [2.75, 3.05) is 0 Å². The van der Waals surface area contributed by atoms with Gasteiger partial charge in [-0.05, 0) is 5.10 Å². The molecular weight excluding hydrogens is 104 g/mol. The van der Waals surface area contributed by atoms with E-state index in [0.717, 1.165) is 0 Å². The Morgan fingerprint density at radius 2 is 2.50 bits per heavy atom. The zero-order valence-corrected chi connectivity index (χ0v) is 4.53. The number of hydrogen-bond donors (Lipinski definition) is 0. The fourth-order valence-corrected chi connectivity index (χ4v) is 0.455. The maximum atomic E-state index is 10.4. The first-order valence-electron chi connectivity index (χ1n) is 2.31. The van der Waals surface area contributed by atoms with Crippen molar-refractivity contribution in [3.63, 3.8) is 0 Å². The second kappa shape index (κ2) is 1.88. The minimum atomic E-state index is -0.0602. The summed E-state index contributed by atoms with van der Waals surface area (Å²) in [5.74, 6) is -0.0602. The van der Waals surface area contributed by atoms with Crippen LogP contribution in [0.4, 0.5) is 0 Å². The first-order chi connectivity index (χ1) is 3.80. The van der Waals surface area contributed by atoms with E-state index in [1.807, 2.05) is 0 Å². The predicted octanol–water partition coefficient (Wildman–Crippen LogP) is 0.186. The molecule has 1 heterocycles. The van der Waals surface area contributed by atoms with E-state index in [1.165, 1.54) is 11.9 Å². The Labute approximate surface area is 47.3 Å². The van der Waals surface area contributed by atoms with Gasteiger partial charge in [0.25, 0.3) is 0 Å². The Morgan fingerprint density at radius 1 is 1.75 bits per heavy atom. The van der Waals surface area contributed by atoms with E-state index in [2.05, 4.69) is 5.10 Å². The smallest absolute Gasteiger partial charge is 0.222 e. The Morgan fingerprint density at radius 3 is 2.75 bits per heavy atom. The van der Waals surface area contributed by atoms with Crippen molar-refractivity contribution in [1.29, 1.82) is 0 Å². The van der Waals surface area contributed by atoms with Crippen molar-refractivity contribution in [2.45, 2.75) is 6.92 Å². The number of allylic oxidation sites excluding steroid dienone is 1. The number of nitrogens with zero attached hydrogens (tertiary/aromatic N) is 2. The zero-order valence-electron chi connectivity index (χ0n) is 4.53. The van der Waals surface area contributed by atoms with Crippen LogP contribution in [0.1, 0.15) is 6.92 Å². The van der Waals surface area contributed by atoms with Crippen LogP contribution in [0.3, 0.4) is 0 Å². The molecule has 3 nitrogen and oxygen atoms in total. The Bertz CT molecular complexity index is 148. The average Bonchev–Trinajstić information content (AvgIpc) is 2.12. The molecule has 41 valence electrons. The molecule has 0 atom stereocenters. The molecule has 0 N–H and O–H groups in total. The molecule has 8 heavy (non-hydrogen) atoms. The first-order valence-corrected chi connectivity index (χ1v) is 2.31. The molecule has 0 aliphatic carbocycles. The van der Waals surface area contributed by atoms with Crippen LogP contribution >= 0.6 is 0 Å². The summed E-state index contributed by atoms with van der Waals surface area (Å²) in [4.78, 5) is 10.4. The van der Waals surface area contributed by atoms with Gasteiger partial charge in [-0.25, -0.2) is 4.79 Å². The second-order valence-electron chi connectivity index (χ2n) is 1.47. The maximum Gasteiger partial charge on any atom is 0.393 e. The Hall–Kier alpha value is -0.960. The highest BCUT2D eigenvalue weighted by molar-refractivity contribution is 5.83. The van der Waals surface area contributed by atoms with E-state index in [0.29, 0.717) is 0 Å². The highest BCUT2D eigenvalue weighted by atomic mass is 16.2. The van der Waals surface area contributed by atoms with Crippen molar-refractivity contribution >= 4 is 12.1 Å². The molecule has 1 radical (unpaired) electrons. The van der Waals surface area contributed by atoms with Crippen molar-refractivity contribution in [3.05, 3.63) is 12.3 Å². The lowest BCUT2D eigenvalue weighted by Crippen LogP contribution is -2.19. The summed E-state index contributed by atoms with van der Waals surface area (Å²) in [5.41, 5.74) is 0. The van der Waals surface area contributed by atoms with Crippen LogP contribution in [0.2, 0.25) is 0 Å². The van der Waals surface area contributed by atoms with Crippen molar-refractivity contribution in [1.82, 2.24) is 5.01 Å². The predicted molar refractivity (Wildman–Crippen MR) is 30.4 cm³/mol. The molecule has 3 heteroatoms. The normalized spacial score (nSPS) is 17.6. The van der Waals surface area contributed by atoms with E-state index >= 15 is 0 Å². The third kappa shape index (κ3) is 0.816. The lowest BCUT2D eigenvalue weighted by Gasteiger charge is -1.82. The molecule has 0 saturated carbocycles. The van der Waals surface area contributed by atoms with Crippen LogP contribution in [0, 0.1) is 0 Å². The molecular formula is C5H6N2O+. The van der Waals surface area contributed by atoms with E-state index < -0.39 is 0 Å². The lowest BCUT2D eigenvalue weighted by atomic mass is 10.6. The van der Waals surface area contributed by atoms with Gasteiger partial charge < -0.3 is 0 Å². The molecule has 0 unspecified atom stereocenters. The molecule has 0 bridgehead atoms. The van der Waals surface area contributed by atoms with Crippen LogP contribution in [-0.4, -0.2) is 12.1 Å². The molecule has 1 amide bonds. The number of carbonyl (C=O) groups is 1. The summed E-state index contributed by atoms with van der Waals surface area (Å²) >= 11 is 0. The van der Waals surface area contributed by atoms with Crippen molar-refractivity contribution in [3.8, 4) is 0 Å². The molecule has 1 rings (SSSR count). The van der Waals surface area contributed by atoms with Gasteiger partial charge in [0, 0.05) is 6.08 Å². The van der Waals surface area contributed by atoms with E-state index in [-0.39, 0.29) is 5.91 Å². The summed E-state index contributed by atoms with van der Waals surface area (Å²) in [5, 5.41) is 4.96. The van der Waals surface area contributed by atoms with Gasteiger partial charge in [0.1, 0.15) is 0 Å². The van der Waals surface area contributed by atoms with Crippen LogP contribution in [-0.2, 0) is 4.79 Å². The number of hydrogen-bond acceptors (Lipinski definition) is 2. The highest BCUT2D eigenvalue weighted by Gasteiger charge is 2.19. The van der Waals surface area contributed by atoms with Crippen LogP contribution < -0.4 is 5.01 Å². The van der Waals surface area contributed by atoms with Gasteiger partial charge in [0.05, 0.1) is 18.1 Å². The summed E-state index contributed by atoms with van der Waals surface area (Å²) in [6.07, 6.45) is 4.89. The minimum absolute atomic E-state index is 0.0602. The quantitative estimate of drug-likeness (QED) is 0.410. The lowest BCUT2D eigenvalue weighted by molar-refractivity contribution is -0.121. The third-order valence-electron chi connectivity index (χ3n) is 0.827. The van der Waals surface area contributed by atoms with E-state index in [1.54, 1.807) is 18.5 Å². The van der Waals surface area contributed by atoms with Crippen molar-refractivity contribution in [2.24, 2.45) is 5.10 Å². The average molecular weight is 110 g/mol. The number of rotatable bonds is 0. The fraction of sp³-hybridized carbons (Fsp3) is 0.200. The molecule has 0 fully saturated rings. The van der Waals surface area contributed by atoms with Crippen LogP contribution in [0.25, 0.3) is 0 Å². The molecule has 0 aromatic carbocycles. The SMILES string of the molecule is CC(=O)[N+]1C=CC=N1. The van der Waals surface area contributed by atoms with Crippen molar-refractivity contribution < 1.29 is 4.79 Å². The monoisotopic (exact) mass is 110 g/mol. The van der Waals surface area contributed by atoms with Crippen LogP contribution in [0.15, 0.2) is 17.4 Å².